The van der Waals surface area contributed by atoms with Gasteiger partial charge in [0.15, 0.2) is 0 Å². The van der Waals surface area contributed by atoms with E-state index >= 15 is 0 Å². The minimum Gasteiger partial charge on any atom is -0.319 e. The largest absolute Gasteiger partial charge is 0.319 e. The molecule has 0 aliphatic heterocycles. The fourth-order valence-corrected chi connectivity index (χ4v) is 4.58. The van der Waals surface area contributed by atoms with E-state index in [-0.39, 0.29) is 5.91 Å². The van der Waals surface area contributed by atoms with Crippen molar-refractivity contribution in [2.24, 2.45) is 0 Å². The third-order valence-corrected chi connectivity index (χ3v) is 5.07. The number of hydrogen-bond donors (Lipinski definition) is 1. The molecular formula is C11H5Br2Cl2NOS. The van der Waals surface area contributed by atoms with Crippen LogP contribution in [0, 0.1) is 0 Å². The van der Waals surface area contributed by atoms with Gasteiger partial charge in [-0.25, -0.2) is 0 Å². The van der Waals surface area contributed by atoms with Crippen LogP contribution >= 0.6 is 66.4 Å². The maximum absolute atomic E-state index is 12.1. The van der Waals surface area contributed by atoms with Gasteiger partial charge < -0.3 is 5.32 Å². The number of thiophene rings is 1. The third kappa shape index (κ3) is 3.08. The van der Waals surface area contributed by atoms with Crippen molar-refractivity contribution in [1.82, 2.24) is 0 Å². The predicted molar refractivity (Wildman–Crippen MR) is 84.1 cm³/mol. The molecule has 0 unspecified atom stereocenters. The minimum absolute atomic E-state index is 0.265. The normalized spacial score (nSPS) is 10.4. The Hall–Kier alpha value is -0.0700. The van der Waals surface area contributed by atoms with Crippen molar-refractivity contribution in [2.75, 3.05) is 5.32 Å². The van der Waals surface area contributed by atoms with Gasteiger partial charge in [-0.2, -0.15) is 0 Å². The number of benzene rings is 1. The number of rotatable bonds is 2. The average Bonchev–Trinajstić information content (AvgIpc) is 2.63. The van der Waals surface area contributed by atoms with Gasteiger partial charge >= 0.3 is 0 Å². The smallest absolute Gasteiger partial charge is 0.257 e. The van der Waals surface area contributed by atoms with E-state index in [1.807, 2.05) is 0 Å². The molecule has 0 radical (unpaired) electrons. The van der Waals surface area contributed by atoms with Gasteiger partial charge in [0.05, 0.1) is 28.9 Å². The lowest BCUT2D eigenvalue weighted by molar-refractivity contribution is 0.102. The molecule has 0 atom stereocenters. The zero-order chi connectivity index (χ0) is 13.3. The number of anilines is 1. The number of nitrogens with one attached hydrogen (secondary N) is 1. The van der Waals surface area contributed by atoms with E-state index in [4.69, 9.17) is 23.2 Å². The van der Waals surface area contributed by atoms with Gasteiger partial charge in [-0.05, 0) is 50.1 Å². The van der Waals surface area contributed by atoms with Crippen molar-refractivity contribution in [1.29, 1.82) is 0 Å². The molecule has 94 valence electrons. The van der Waals surface area contributed by atoms with Crippen molar-refractivity contribution in [3.63, 3.8) is 0 Å². The SMILES string of the molecule is O=C(Nc1c(Cl)cccc1Cl)c1cc(Br)sc1Br. The van der Waals surface area contributed by atoms with E-state index in [2.05, 4.69) is 37.2 Å². The first-order valence-corrected chi connectivity index (χ1v) is 7.85. The molecule has 0 saturated carbocycles. The summed E-state index contributed by atoms with van der Waals surface area (Å²) in [6.07, 6.45) is 0. The molecule has 0 saturated heterocycles. The van der Waals surface area contributed by atoms with Crippen LogP contribution in [0.2, 0.25) is 10.0 Å². The molecule has 2 rings (SSSR count). The zero-order valence-electron chi connectivity index (χ0n) is 8.64. The van der Waals surface area contributed by atoms with Crippen LogP contribution < -0.4 is 5.32 Å². The van der Waals surface area contributed by atoms with Crippen LogP contribution in [0.3, 0.4) is 0 Å². The number of para-hydroxylation sites is 1. The van der Waals surface area contributed by atoms with Crippen molar-refractivity contribution >= 4 is 78.0 Å². The van der Waals surface area contributed by atoms with Gasteiger partial charge in [0.1, 0.15) is 0 Å². The summed E-state index contributed by atoms with van der Waals surface area (Å²) in [5.74, 6) is -0.265. The molecule has 2 aromatic rings. The monoisotopic (exact) mass is 427 g/mol. The summed E-state index contributed by atoms with van der Waals surface area (Å²) in [6.45, 7) is 0. The van der Waals surface area contributed by atoms with Crippen LogP contribution in [0.25, 0.3) is 0 Å². The molecule has 2 nitrogen and oxygen atoms in total. The number of hydrogen-bond acceptors (Lipinski definition) is 2. The lowest BCUT2D eigenvalue weighted by atomic mass is 10.2. The van der Waals surface area contributed by atoms with Crippen molar-refractivity contribution < 1.29 is 4.79 Å². The Bertz CT molecular complexity index is 595. The van der Waals surface area contributed by atoms with Crippen molar-refractivity contribution in [2.45, 2.75) is 0 Å². The van der Waals surface area contributed by atoms with Gasteiger partial charge in [-0.1, -0.05) is 29.3 Å². The summed E-state index contributed by atoms with van der Waals surface area (Å²) < 4.78 is 1.61. The van der Waals surface area contributed by atoms with E-state index in [1.54, 1.807) is 24.3 Å². The first kappa shape index (κ1) is 14.3. The molecule has 1 N–H and O–H groups in total. The minimum atomic E-state index is -0.265. The third-order valence-electron chi connectivity index (χ3n) is 2.10. The van der Waals surface area contributed by atoms with Crippen molar-refractivity contribution in [3.8, 4) is 0 Å². The summed E-state index contributed by atoms with van der Waals surface area (Å²) in [7, 11) is 0. The summed E-state index contributed by atoms with van der Waals surface area (Å²) in [4.78, 5) is 12.1. The van der Waals surface area contributed by atoms with Gasteiger partial charge in [0.2, 0.25) is 0 Å². The Labute approximate surface area is 135 Å². The molecule has 0 aliphatic rings. The molecule has 0 fully saturated rings. The Kier molecular flexibility index (Phi) is 4.72. The lowest BCUT2D eigenvalue weighted by Gasteiger charge is -2.08. The van der Waals surface area contributed by atoms with Crippen LogP contribution in [-0.4, -0.2) is 5.91 Å². The van der Waals surface area contributed by atoms with E-state index in [9.17, 15) is 4.79 Å². The molecule has 0 spiro atoms. The summed E-state index contributed by atoms with van der Waals surface area (Å²) in [5, 5.41) is 3.51. The van der Waals surface area contributed by atoms with Gasteiger partial charge in [0, 0.05) is 0 Å². The quantitative estimate of drug-likeness (QED) is 0.639. The molecule has 1 heterocycles. The van der Waals surface area contributed by atoms with E-state index in [1.165, 1.54) is 11.3 Å². The van der Waals surface area contributed by atoms with Gasteiger partial charge in [0.25, 0.3) is 5.91 Å². The predicted octanol–water partition coefficient (Wildman–Crippen LogP) is 5.83. The van der Waals surface area contributed by atoms with Crippen LogP contribution in [0.5, 0.6) is 0 Å². The molecule has 18 heavy (non-hydrogen) atoms. The molecule has 0 aliphatic carbocycles. The number of halogens is 4. The molecule has 1 aromatic carbocycles. The molecule has 7 heteroatoms. The van der Waals surface area contributed by atoms with Crippen molar-refractivity contribution in [3.05, 3.63) is 47.4 Å². The molecule has 0 bridgehead atoms. The fraction of sp³-hybridized carbons (Fsp3) is 0. The summed E-state index contributed by atoms with van der Waals surface area (Å²) in [5.41, 5.74) is 0.947. The van der Waals surface area contributed by atoms with Crippen LogP contribution in [0.15, 0.2) is 31.8 Å². The molecule has 1 aromatic heterocycles. The fourth-order valence-electron chi connectivity index (χ4n) is 1.29. The highest BCUT2D eigenvalue weighted by Gasteiger charge is 2.16. The maximum atomic E-state index is 12.1. The van der Waals surface area contributed by atoms with Gasteiger partial charge in [-0.15, -0.1) is 11.3 Å². The Morgan fingerprint density at radius 2 is 1.83 bits per heavy atom. The Balaban J connectivity index is 2.30. The highest BCUT2D eigenvalue weighted by Crippen LogP contribution is 2.34. The van der Waals surface area contributed by atoms with E-state index < -0.39 is 0 Å². The average molecular weight is 430 g/mol. The molecular weight excluding hydrogens is 425 g/mol. The number of amides is 1. The van der Waals surface area contributed by atoms with Gasteiger partial charge in [-0.3, -0.25) is 4.79 Å². The standard InChI is InChI=1S/C11H5Br2Cl2NOS/c12-8-4-5(10(13)18-8)11(17)16-9-6(14)2-1-3-7(9)15/h1-4H,(H,16,17). The second-order valence-electron chi connectivity index (χ2n) is 3.29. The van der Waals surface area contributed by atoms with E-state index in [0.717, 1.165) is 7.57 Å². The van der Waals surface area contributed by atoms with Crippen LogP contribution in [0.4, 0.5) is 5.69 Å². The summed E-state index contributed by atoms with van der Waals surface area (Å²) in [6, 6.07) is 6.79. The first-order valence-electron chi connectivity index (χ1n) is 4.69. The van der Waals surface area contributed by atoms with Crippen LogP contribution in [0.1, 0.15) is 10.4 Å². The summed E-state index contributed by atoms with van der Waals surface area (Å²) >= 11 is 20.1. The Morgan fingerprint density at radius 1 is 1.22 bits per heavy atom. The second-order valence-corrected chi connectivity index (χ2v) is 7.85. The van der Waals surface area contributed by atoms with Crippen LogP contribution in [-0.2, 0) is 0 Å². The topological polar surface area (TPSA) is 29.1 Å². The first-order chi connectivity index (χ1) is 8.49. The van der Waals surface area contributed by atoms with E-state index in [0.29, 0.717) is 21.3 Å². The maximum Gasteiger partial charge on any atom is 0.257 e. The highest BCUT2D eigenvalue weighted by molar-refractivity contribution is 9.12. The zero-order valence-corrected chi connectivity index (χ0v) is 14.1. The molecule has 1 amide bonds. The second kappa shape index (κ2) is 5.92. The number of carbonyl (C=O) groups is 1. The highest BCUT2D eigenvalue weighted by atomic mass is 79.9. The number of carbonyl (C=O) groups excluding carboxylic acids is 1. The lowest BCUT2D eigenvalue weighted by Crippen LogP contribution is -2.12. The Morgan fingerprint density at radius 3 is 2.33 bits per heavy atom.